The van der Waals surface area contributed by atoms with Crippen LogP contribution >= 0.6 is 0 Å². The molecule has 0 N–H and O–H groups in total. The molecule has 2 nitrogen and oxygen atoms in total. The second kappa shape index (κ2) is 5.36. The Kier molecular flexibility index (Phi) is 3.54. The molecule has 0 heterocycles. The van der Waals surface area contributed by atoms with Crippen LogP contribution in [0, 0.1) is 0 Å². The van der Waals surface area contributed by atoms with Crippen molar-refractivity contribution in [3.63, 3.8) is 0 Å². The number of carbonyl (C=O) groups is 1. The van der Waals surface area contributed by atoms with Crippen molar-refractivity contribution < 1.29 is 9.53 Å². The van der Waals surface area contributed by atoms with Gasteiger partial charge in [0.1, 0.15) is 5.75 Å². The highest BCUT2D eigenvalue weighted by Gasteiger charge is 2.30. The highest BCUT2D eigenvalue weighted by molar-refractivity contribution is 6.03. The van der Waals surface area contributed by atoms with Gasteiger partial charge < -0.3 is 4.74 Å². The van der Waals surface area contributed by atoms with Gasteiger partial charge in [0.15, 0.2) is 5.78 Å². The molecular formula is C19H20O2. The molecule has 1 aliphatic rings. The zero-order valence-electron chi connectivity index (χ0n) is 12.5. The molecule has 2 aromatic rings. The molecule has 3 rings (SSSR count). The van der Waals surface area contributed by atoms with E-state index in [9.17, 15) is 4.79 Å². The van der Waals surface area contributed by atoms with Crippen molar-refractivity contribution in [3.8, 4) is 5.75 Å². The van der Waals surface area contributed by atoms with Gasteiger partial charge in [-0.05, 0) is 56.5 Å². The van der Waals surface area contributed by atoms with E-state index in [-0.39, 0.29) is 5.78 Å². The first kappa shape index (κ1) is 13.9. The van der Waals surface area contributed by atoms with Crippen LogP contribution in [-0.4, -0.2) is 11.9 Å². The highest BCUT2D eigenvalue weighted by Crippen LogP contribution is 2.30. The summed E-state index contributed by atoms with van der Waals surface area (Å²) in [4.78, 5) is 12.8. The molecule has 0 bridgehead atoms. The summed E-state index contributed by atoms with van der Waals surface area (Å²) >= 11 is 0. The van der Waals surface area contributed by atoms with Crippen LogP contribution < -0.4 is 4.74 Å². The van der Waals surface area contributed by atoms with Crippen molar-refractivity contribution in [3.05, 3.63) is 65.7 Å². The molecule has 0 amide bonds. The maximum absolute atomic E-state index is 12.8. The van der Waals surface area contributed by atoms with E-state index < -0.39 is 5.41 Å². The Bertz CT molecular complexity index is 622. The van der Waals surface area contributed by atoms with Gasteiger partial charge in [-0.2, -0.15) is 0 Å². The average molecular weight is 280 g/mol. The summed E-state index contributed by atoms with van der Waals surface area (Å²) in [5.74, 6) is 0.984. The number of hydrogen-bond acceptors (Lipinski definition) is 2. The molecule has 21 heavy (non-hydrogen) atoms. The van der Waals surface area contributed by atoms with E-state index in [2.05, 4.69) is 0 Å². The van der Waals surface area contributed by atoms with E-state index in [1.807, 2.05) is 68.4 Å². The molecule has 0 unspecified atom stereocenters. The second-order valence-corrected chi connectivity index (χ2v) is 6.16. The molecule has 108 valence electrons. The van der Waals surface area contributed by atoms with Crippen LogP contribution in [0.15, 0.2) is 54.6 Å². The van der Waals surface area contributed by atoms with Crippen molar-refractivity contribution in [2.75, 3.05) is 0 Å². The monoisotopic (exact) mass is 280 g/mol. The first-order valence-electron chi connectivity index (χ1n) is 7.44. The average Bonchev–Trinajstić information content (AvgIpc) is 3.32. The minimum Gasteiger partial charge on any atom is -0.490 e. The number of carbonyl (C=O) groups excluding carboxylic acids is 1. The first-order chi connectivity index (χ1) is 10.1. The highest BCUT2D eigenvalue weighted by atomic mass is 16.5. The van der Waals surface area contributed by atoms with Crippen molar-refractivity contribution in [2.24, 2.45) is 0 Å². The third-order valence-corrected chi connectivity index (χ3v) is 4.01. The molecule has 1 fully saturated rings. The number of hydrogen-bond donors (Lipinski definition) is 0. The lowest BCUT2D eigenvalue weighted by Crippen LogP contribution is -2.29. The van der Waals surface area contributed by atoms with Crippen LogP contribution in [0.25, 0.3) is 0 Å². The molecule has 1 aliphatic carbocycles. The fourth-order valence-corrected chi connectivity index (χ4v) is 2.41. The summed E-state index contributed by atoms with van der Waals surface area (Å²) in [5.41, 5.74) is 1.24. The van der Waals surface area contributed by atoms with Gasteiger partial charge in [-0.1, -0.05) is 30.3 Å². The van der Waals surface area contributed by atoms with Crippen molar-refractivity contribution in [1.82, 2.24) is 0 Å². The van der Waals surface area contributed by atoms with Crippen molar-refractivity contribution in [1.29, 1.82) is 0 Å². The minimum atomic E-state index is -0.528. The Labute approximate surface area is 125 Å². The van der Waals surface area contributed by atoms with Gasteiger partial charge in [-0.3, -0.25) is 4.79 Å². The first-order valence-corrected chi connectivity index (χ1v) is 7.44. The fraction of sp³-hybridized carbons (Fsp3) is 0.316. The molecule has 1 saturated carbocycles. The van der Waals surface area contributed by atoms with Gasteiger partial charge in [0, 0.05) is 5.56 Å². The topological polar surface area (TPSA) is 26.3 Å². The zero-order valence-corrected chi connectivity index (χ0v) is 12.5. The smallest absolute Gasteiger partial charge is 0.172 e. The largest absolute Gasteiger partial charge is 0.490 e. The molecular weight excluding hydrogens is 260 g/mol. The van der Waals surface area contributed by atoms with E-state index in [1.54, 1.807) is 0 Å². The zero-order chi connectivity index (χ0) is 14.9. The summed E-state index contributed by atoms with van der Waals surface area (Å²) in [6.07, 6.45) is 2.66. The summed E-state index contributed by atoms with van der Waals surface area (Å²) < 4.78 is 5.72. The lowest BCUT2D eigenvalue weighted by atomic mass is 9.78. The van der Waals surface area contributed by atoms with Crippen LogP contribution in [0.4, 0.5) is 0 Å². The Balaban J connectivity index is 1.80. The Morgan fingerprint density at radius 2 is 1.62 bits per heavy atom. The van der Waals surface area contributed by atoms with E-state index in [1.165, 1.54) is 0 Å². The van der Waals surface area contributed by atoms with Crippen LogP contribution in [0.1, 0.15) is 42.6 Å². The third kappa shape index (κ3) is 2.99. The minimum absolute atomic E-state index is 0.131. The maximum Gasteiger partial charge on any atom is 0.172 e. The molecule has 2 heteroatoms. The molecule has 2 aromatic carbocycles. The van der Waals surface area contributed by atoms with Crippen LogP contribution in [0.5, 0.6) is 5.75 Å². The van der Waals surface area contributed by atoms with E-state index in [4.69, 9.17) is 4.74 Å². The maximum atomic E-state index is 12.8. The predicted octanol–water partition coefficient (Wildman–Crippen LogP) is 4.39. The summed E-state index contributed by atoms with van der Waals surface area (Å²) in [7, 11) is 0. The SMILES string of the molecule is CC(C)(C(=O)c1ccc(OC2CC2)cc1)c1ccccc1. The third-order valence-electron chi connectivity index (χ3n) is 4.01. The van der Waals surface area contributed by atoms with Gasteiger partial charge in [-0.15, -0.1) is 0 Å². The molecule has 0 aliphatic heterocycles. The predicted molar refractivity (Wildman–Crippen MR) is 83.9 cm³/mol. The summed E-state index contributed by atoms with van der Waals surface area (Å²) in [6, 6.07) is 17.4. The Hall–Kier alpha value is -2.09. The van der Waals surface area contributed by atoms with Crippen molar-refractivity contribution in [2.45, 2.75) is 38.2 Å². The number of ketones is 1. The Morgan fingerprint density at radius 3 is 2.19 bits per heavy atom. The van der Waals surface area contributed by atoms with Crippen LogP contribution in [0.3, 0.4) is 0 Å². The van der Waals surface area contributed by atoms with Gasteiger partial charge in [0.25, 0.3) is 0 Å². The van der Waals surface area contributed by atoms with Crippen molar-refractivity contribution >= 4 is 5.78 Å². The summed E-state index contributed by atoms with van der Waals surface area (Å²) in [5, 5.41) is 0. The fourth-order valence-electron chi connectivity index (χ4n) is 2.41. The number of rotatable bonds is 5. The van der Waals surface area contributed by atoms with Gasteiger partial charge in [0.05, 0.1) is 11.5 Å². The molecule has 0 aromatic heterocycles. The molecule has 0 radical (unpaired) electrons. The summed E-state index contributed by atoms with van der Waals surface area (Å²) in [6.45, 7) is 3.94. The van der Waals surface area contributed by atoms with E-state index >= 15 is 0 Å². The lowest BCUT2D eigenvalue weighted by Gasteiger charge is -2.23. The lowest BCUT2D eigenvalue weighted by molar-refractivity contribution is 0.0908. The quantitative estimate of drug-likeness (QED) is 0.759. The van der Waals surface area contributed by atoms with Gasteiger partial charge >= 0.3 is 0 Å². The van der Waals surface area contributed by atoms with E-state index in [0.29, 0.717) is 6.10 Å². The Morgan fingerprint density at radius 1 is 1.00 bits per heavy atom. The number of Topliss-reactive ketones (excluding diaryl/α,β-unsaturated/α-hetero) is 1. The number of ether oxygens (including phenoxy) is 1. The number of benzene rings is 2. The molecule has 0 saturated heterocycles. The normalized spacial score (nSPS) is 14.8. The molecule has 0 atom stereocenters. The van der Waals surface area contributed by atoms with Gasteiger partial charge in [-0.25, -0.2) is 0 Å². The molecule has 0 spiro atoms. The van der Waals surface area contributed by atoms with Crippen LogP contribution in [0.2, 0.25) is 0 Å². The second-order valence-electron chi connectivity index (χ2n) is 6.16. The van der Waals surface area contributed by atoms with Gasteiger partial charge in [0.2, 0.25) is 0 Å². The van der Waals surface area contributed by atoms with E-state index in [0.717, 1.165) is 29.7 Å². The van der Waals surface area contributed by atoms with Crippen LogP contribution in [-0.2, 0) is 5.41 Å². The standard InChI is InChI=1S/C19H20O2/c1-19(2,15-6-4-3-5-7-15)18(20)14-8-10-16(11-9-14)21-17-12-13-17/h3-11,17H,12-13H2,1-2H3.